The first kappa shape index (κ1) is 16.0. The van der Waals surface area contributed by atoms with Gasteiger partial charge in [0.1, 0.15) is 0 Å². The number of para-hydroxylation sites is 1. The second-order valence-corrected chi connectivity index (χ2v) is 5.28. The summed E-state index contributed by atoms with van der Waals surface area (Å²) in [4.78, 5) is 12.5. The Morgan fingerprint density at radius 3 is 2.29 bits per heavy atom. The third-order valence-corrected chi connectivity index (χ3v) is 3.63. The number of hydrogen-bond acceptors (Lipinski definition) is 2. The summed E-state index contributed by atoms with van der Waals surface area (Å²) in [5.41, 5.74) is 0.250. The first-order chi connectivity index (χ1) is 11.4. The molecular formula is C18H13F3N2O. The molecule has 0 fully saturated rings. The van der Waals surface area contributed by atoms with Crippen LogP contribution in [0.15, 0.2) is 65.3 Å². The number of halogens is 3. The number of carbonyl (C=O) groups excluding carboxylic acids is 1. The number of hydrogen-bond donors (Lipinski definition) is 0. The van der Waals surface area contributed by atoms with Gasteiger partial charge in [0.2, 0.25) is 0 Å². The second-order valence-electron chi connectivity index (χ2n) is 5.28. The number of alkyl halides is 3. The Hall–Kier alpha value is -2.89. The second kappa shape index (κ2) is 5.96. The van der Waals surface area contributed by atoms with E-state index in [1.807, 2.05) is 0 Å². The van der Waals surface area contributed by atoms with Gasteiger partial charge in [-0.1, -0.05) is 36.4 Å². The van der Waals surface area contributed by atoms with Crippen LogP contribution in [0.25, 0.3) is 6.08 Å². The number of benzene rings is 2. The monoisotopic (exact) mass is 330 g/mol. The van der Waals surface area contributed by atoms with Crippen molar-refractivity contribution in [2.24, 2.45) is 5.10 Å². The van der Waals surface area contributed by atoms with Gasteiger partial charge in [-0.15, -0.1) is 0 Å². The van der Waals surface area contributed by atoms with Gasteiger partial charge in [-0.25, -0.2) is 0 Å². The summed E-state index contributed by atoms with van der Waals surface area (Å²) in [7, 11) is 0. The highest BCUT2D eigenvalue weighted by molar-refractivity contribution is 6.32. The number of rotatable bonds is 2. The van der Waals surface area contributed by atoms with Crippen LogP contribution in [0.4, 0.5) is 18.9 Å². The standard InChI is InChI=1S/C18H13F3N2O/c1-12-15(11-13-7-5-6-10-16(13)18(19,20)21)17(24)23(22-12)14-8-3-2-4-9-14/h2-11H,1H3/b15-11+. The van der Waals surface area contributed by atoms with Crippen molar-refractivity contribution in [2.45, 2.75) is 13.1 Å². The maximum Gasteiger partial charge on any atom is 0.416 e. The summed E-state index contributed by atoms with van der Waals surface area (Å²) in [6, 6.07) is 13.9. The first-order valence-electron chi connectivity index (χ1n) is 7.21. The van der Waals surface area contributed by atoms with Crippen molar-refractivity contribution < 1.29 is 18.0 Å². The van der Waals surface area contributed by atoms with Gasteiger partial charge in [0.05, 0.1) is 22.5 Å². The Labute approximate surface area is 136 Å². The molecular weight excluding hydrogens is 317 g/mol. The molecule has 6 heteroatoms. The number of carbonyl (C=O) groups is 1. The van der Waals surface area contributed by atoms with Crippen LogP contribution in [0, 0.1) is 0 Å². The van der Waals surface area contributed by atoms with Crippen molar-refractivity contribution in [3.8, 4) is 0 Å². The fourth-order valence-corrected chi connectivity index (χ4v) is 2.47. The number of amides is 1. The van der Waals surface area contributed by atoms with Crippen LogP contribution < -0.4 is 5.01 Å². The van der Waals surface area contributed by atoms with E-state index in [2.05, 4.69) is 5.10 Å². The van der Waals surface area contributed by atoms with Gasteiger partial charge in [-0.2, -0.15) is 23.3 Å². The molecule has 2 aromatic carbocycles. The van der Waals surface area contributed by atoms with E-state index in [1.54, 1.807) is 37.3 Å². The van der Waals surface area contributed by atoms with E-state index in [-0.39, 0.29) is 11.1 Å². The quantitative estimate of drug-likeness (QED) is 0.746. The lowest BCUT2D eigenvalue weighted by Gasteiger charge is -2.12. The van der Waals surface area contributed by atoms with Crippen molar-refractivity contribution >= 4 is 23.4 Å². The van der Waals surface area contributed by atoms with E-state index in [0.717, 1.165) is 6.07 Å². The highest BCUT2D eigenvalue weighted by Crippen LogP contribution is 2.33. The molecule has 1 heterocycles. The molecule has 0 aliphatic carbocycles. The SMILES string of the molecule is CC1=NN(c2ccccc2)C(=O)/C1=C/c1ccccc1C(F)(F)F. The number of anilines is 1. The Balaban J connectivity index is 2.02. The Morgan fingerprint density at radius 1 is 1.00 bits per heavy atom. The van der Waals surface area contributed by atoms with E-state index < -0.39 is 17.6 Å². The molecule has 2 aromatic rings. The maximum atomic E-state index is 13.1. The first-order valence-corrected chi connectivity index (χ1v) is 7.21. The topological polar surface area (TPSA) is 32.7 Å². The lowest BCUT2D eigenvalue weighted by Crippen LogP contribution is -2.21. The predicted octanol–water partition coefficient (Wildman–Crippen LogP) is 4.51. The largest absolute Gasteiger partial charge is 0.416 e. The van der Waals surface area contributed by atoms with Crippen molar-refractivity contribution in [3.63, 3.8) is 0 Å². The maximum absolute atomic E-state index is 13.1. The zero-order chi connectivity index (χ0) is 17.3. The molecule has 0 atom stereocenters. The van der Waals surface area contributed by atoms with Crippen molar-refractivity contribution in [2.75, 3.05) is 5.01 Å². The van der Waals surface area contributed by atoms with E-state index in [4.69, 9.17) is 0 Å². The number of nitrogens with zero attached hydrogens (tertiary/aromatic N) is 2. The average Bonchev–Trinajstić information content (AvgIpc) is 2.83. The fourth-order valence-electron chi connectivity index (χ4n) is 2.47. The molecule has 1 aliphatic rings. The van der Waals surface area contributed by atoms with E-state index in [1.165, 1.54) is 29.3 Å². The third-order valence-electron chi connectivity index (χ3n) is 3.63. The lowest BCUT2D eigenvalue weighted by molar-refractivity contribution is -0.137. The zero-order valence-corrected chi connectivity index (χ0v) is 12.7. The molecule has 24 heavy (non-hydrogen) atoms. The molecule has 0 saturated carbocycles. The highest BCUT2D eigenvalue weighted by atomic mass is 19.4. The third kappa shape index (κ3) is 2.95. The molecule has 3 nitrogen and oxygen atoms in total. The smallest absolute Gasteiger partial charge is 0.267 e. The summed E-state index contributed by atoms with van der Waals surface area (Å²) in [5.74, 6) is -0.448. The van der Waals surface area contributed by atoms with Gasteiger partial charge < -0.3 is 0 Å². The minimum Gasteiger partial charge on any atom is -0.267 e. The van der Waals surface area contributed by atoms with Crippen LogP contribution in [0.5, 0.6) is 0 Å². The molecule has 1 amide bonds. The van der Waals surface area contributed by atoms with Gasteiger partial charge >= 0.3 is 6.18 Å². The summed E-state index contributed by atoms with van der Waals surface area (Å²) >= 11 is 0. The fraction of sp³-hybridized carbons (Fsp3) is 0.111. The van der Waals surface area contributed by atoms with Crippen LogP contribution in [-0.4, -0.2) is 11.6 Å². The van der Waals surface area contributed by atoms with Crippen LogP contribution in [0.1, 0.15) is 18.1 Å². The molecule has 0 N–H and O–H groups in total. The zero-order valence-electron chi connectivity index (χ0n) is 12.7. The van der Waals surface area contributed by atoms with Gasteiger partial charge in [0.15, 0.2) is 0 Å². The van der Waals surface area contributed by atoms with Crippen LogP contribution >= 0.6 is 0 Å². The molecule has 0 spiro atoms. The summed E-state index contributed by atoms with van der Waals surface area (Å²) in [5, 5.41) is 5.35. The van der Waals surface area contributed by atoms with Gasteiger partial charge in [0.25, 0.3) is 5.91 Å². The normalized spacial score (nSPS) is 16.7. The Morgan fingerprint density at radius 2 is 1.62 bits per heavy atom. The van der Waals surface area contributed by atoms with Crippen molar-refractivity contribution in [1.29, 1.82) is 0 Å². The minimum atomic E-state index is -4.49. The van der Waals surface area contributed by atoms with Crippen LogP contribution in [0.2, 0.25) is 0 Å². The van der Waals surface area contributed by atoms with Crippen molar-refractivity contribution in [3.05, 3.63) is 71.3 Å². The van der Waals surface area contributed by atoms with Gasteiger partial charge in [0, 0.05) is 0 Å². The predicted molar refractivity (Wildman–Crippen MR) is 86.5 cm³/mol. The summed E-state index contributed by atoms with van der Waals surface area (Å²) < 4.78 is 39.3. The Bertz CT molecular complexity index is 839. The van der Waals surface area contributed by atoms with Crippen molar-refractivity contribution in [1.82, 2.24) is 0 Å². The molecule has 1 aliphatic heterocycles. The highest BCUT2D eigenvalue weighted by Gasteiger charge is 2.34. The van der Waals surface area contributed by atoms with E-state index in [9.17, 15) is 18.0 Å². The molecule has 0 aromatic heterocycles. The number of hydrazone groups is 1. The molecule has 0 unspecified atom stereocenters. The van der Waals surface area contributed by atoms with Gasteiger partial charge in [-0.05, 0) is 36.8 Å². The molecule has 122 valence electrons. The van der Waals surface area contributed by atoms with E-state index >= 15 is 0 Å². The molecule has 0 bridgehead atoms. The lowest BCUT2D eigenvalue weighted by atomic mass is 10.0. The van der Waals surface area contributed by atoms with Gasteiger partial charge in [-0.3, -0.25) is 4.79 Å². The van der Waals surface area contributed by atoms with Crippen LogP contribution in [0.3, 0.4) is 0 Å². The molecule has 3 rings (SSSR count). The molecule has 0 radical (unpaired) electrons. The van der Waals surface area contributed by atoms with Crippen LogP contribution in [-0.2, 0) is 11.0 Å². The summed E-state index contributed by atoms with van der Waals surface area (Å²) in [6.45, 7) is 1.60. The minimum absolute atomic E-state index is 0.0576. The Kier molecular flexibility index (Phi) is 3.97. The molecule has 0 saturated heterocycles. The van der Waals surface area contributed by atoms with E-state index in [0.29, 0.717) is 11.4 Å². The average molecular weight is 330 g/mol. The summed E-state index contributed by atoms with van der Waals surface area (Å²) in [6.07, 6.45) is -3.24.